The monoisotopic (exact) mass is 216 g/mol. The van der Waals surface area contributed by atoms with Gasteiger partial charge in [0.25, 0.3) is 0 Å². The lowest BCUT2D eigenvalue weighted by Crippen LogP contribution is -2.34. The van der Waals surface area contributed by atoms with Gasteiger partial charge in [0, 0.05) is 18.4 Å². The predicted molar refractivity (Wildman–Crippen MR) is 63.5 cm³/mol. The highest BCUT2D eigenvalue weighted by Gasteiger charge is 2.25. The van der Waals surface area contributed by atoms with Crippen molar-refractivity contribution < 1.29 is 0 Å². The first-order valence-electron chi connectivity index (χ1n) is 5.80. The molecule has 1 N–H and O–H groups in total. The molecule has 2 aromatic rings. The van der Waals surface area contributed by atoms with Crippen molar-refractivity contribution in [1.29, 1.82) is 0 Å². The molecule has 0 amide bonds. The molecule has 0 unspecified atom stereocenters. The van der Waals surface area contributed by atoms with Gasteiger partial charge in [-0.2, -0.15) is 5.10 Å². The lowest BCUT2D eigenvalue weighted by molar-refractivity contribution is 0.308. The Morgan fingerprint density at radius 1 is 1.44 bits per heavy atom. The van der Waals surface area contributed by atoms with Gasteiger partial charge in [-0.15, -0.1) is 0 Å². The fourth-order valence-corrected chi connectivity index (χ4v) is 2.37. The normalized spacial score (nSPS) is 24.4. The summed E-state index contributed by atoms with van der Waals surface area (Å²) in [4.78, 5) is 4.40. The molecule has 4 heteroatoms. The summed E-state index contributed by atoms with van der Waals surface area (Å²) in [5.74, 6) is 1.81. The average molecular weight is 216 g/mol. The van der Waals surface area contributed by atoms with Crippen LogP contribution < -0.4 is 5.32 Å². The number of fused-ring (bicyclic) bond motifs is 1. The van der Waals surface area contributed by atoms with Gasteiger partial charge in [-0.25, -0.2) is 9.50 Å². The van der Waals surface area contributed by atoms with Crippen molar-refractivity contribution in [3.63, 3.8) is 0 Å². The Hall–Kier alpha value is -1.58. The summed E-state index contributed by atoms with van der Waals surface area (Å²) in [7, 11) is 0. The van der Waals surface area contributed by atoms with Gasteiger partial charge in [0.15, 0.2) is 5.82 Å². The summed E-state index contributed by atoms with van der Waals surface area (Å²) >= 11 is 0. The van der Waals surface area contributed by atoms with Gasteiger partial charge < -0.3 is 5.32 Å². The second kappa shape index (κ2) is 3.47. The van der Waals surface area contributed by atoms with Crippen LogP contribution in [0.15, 0.2) is 18.5 Å². The Kier molecular flexibility index (Phi) is 2.09. The minimum atomic E-state index is 0.587. The third kappa shape index (κ3) is 1.54. The molecule has 0 bridgehead atoms. The number of nitrogens with one attached hydrogen (secondary N) is 1. The van der Waals surface area contributed by atoms with Gasteiger partial charge in [-0.05, 0) is 31.7 Å². The molecule has 0 spiro atoms. The standard InChI is InChI=1S/C12H16N4/c1-8-5-10(6-8)14-12-11-7-9(2)15-16(11)4-3-13-12/h3-4,7-8,10H,5-6H2,1-2H3,(H,13,14). The Bertz CT molecular complexity index is 511. The Morgan fingerprint density at radius 2 is 2.25 bits per heavy atom. The van der Waals surface area contributed by atoms with Gasteiger partial charge >= 0.3 is 0 Å². The molecule has 2 heterocycles. The first kappa shape index (κ1) is 9.63. The fourth-order valence-electron chi connectivity index (χ4n) is 2.37. The van der Waals surface area contributed by atoms with Gasteiger partial charge in [-0.3, -0.25) is 0 Å². The minimum Gasteiger partial charge on any atom is -0.366 e. The van der Waals surface area contributed by atoms with E-state index in [1.54, 1.807) is 6.20 Å². The molecule has 0 aromatic carbocycles. The van der Waals surface area contributed by atoms with Gasteiger partial charge in [0.1, 0.15) is 5.52 Å². The summed E-state index contributed by atoms with van der Waals surface area (Å²) in [6.45, 7) is 4.29. The molecule has 4 nitrogen and oxygen atoms in total. The zero-order valence-electron chi connectivity index (χ0n) is 9.64. The van der Waals surface area contributed by atoms with Crippen molar-refractivity contribution in [3.05, 3.63) is 24.2 Å². The quantitative estimate of drug-likeness (QED) is 0.837. The smallest absolute Gasteiger partial charge is 0.152 e. The predicted octanol–water partition coefficient (Wildman–Crippen LogP) is 2.25. The van der Waals surface area contributed by atoms with E-state index in [9.17, 15) is 0 Å². The maximum absolute atomic E-state index is 4.40. The van der Waals surface area contributed by atoms with Crippen molar-refractivity contribution in [2.24, 2.45) is 5.92 Å². The van der Waals surface area contributed by atoms with Crippen LogP contribution >= 0.6 is 0 Å². The van der Waals surface area contributed by atoms with E-state index in [4.69, 9.17) is 0 Å². The molecule has 3 rings (SSSR count). The van der Waals surface area contributed by atoms with E-state index in [0.29, 0.717) is 6.04 Å². The van der Waals surface area contributed by atoms with E-state index >= 15 is 0 Å². The zero-order valence-corrected chi connectivity index (χ0v) is 9.64. The van der Waals surface area contributed by atoms with Gasteiger partial charge in [-0.1, -0.05) is 6.92 Å². The summed E-state index contributed by atoms with van der Waals surface area (Å²) < 4.78 is 1.88. The Balaban J connectivity index is 1.90. The molecule has 1 aliphatic carbocycles. The van der Waals surface area contributed by atoms with E-state index < -0.39 is 0 Å². The van der Waals surface area contributed by atoms with Crippen LogP contribution in [0, 0.1) is 12.8 Å². The van der Waals surface area contributed by atoms with Crippen molar-refractivity contribution in [2.75, 3.05) is 5.32 Å². The van der Waals surface area contributed by atoms with Crippen molar-refractivity contribution in [3.8, 4) is 0 Å². The molecular formula is C12H16N4. The Morgan fingerprint density at radius 3 is 3.00 bits per heavy atom. The number of aryl methyl sites for hydroxylation is 1. The molecule has 16 heavy (non-hydrogen) atoms. The van der Waals surface area contributed by atoms with Crippen LogP contribution in [-0.4, -0.2) is 20.6 Å². The number of rotatable bonds is 2. The van der Waals surface area contributed by atoms with E-state index in [-0.39, 0.29) is 0 Å². The molecule has 0 radical (unpaired) electrons. The molecule has 1 saturated carbocycles. The lowest BCUT2D eigenvalue weighted by atomic mass is 9.82. The SMILES string of the molecule is Cc1cc2c(NC3CC(C)C3)nccn2n1. The van der Waals surface area contributed by atoms with Crippen LogP contribution in [-0.2, 0) is 0 Å². The summed E-state index contributed by atoms with van der Waals surface area (Å²) in [6, 6.07) is 2.65. The highest BCUT2D eigenvalue weighted by atomic mass is 15.2. The van der Waals surface area contributed by atoms with Crippen LogP contribution in [0.1, 0.15) is 25.5 Å². The van der Waals surface area contributed by atoms with E-state index in [0.717, 1.165) is 22.9 Å². The largest absolute Gasteiger partial charge is 0.366 e. The summed E-state index contributed by atoms with van der Waals surface area (Å²) in [6.07, 6.45) is 6.17. The second-order valence-electron chi connectivity index (χ2n) is 4.81. The molecule has 0 atom stereocenters. The summed E-state index contributed by atoms with van der Waals surface area (Å²) in [5.41, 5.74) is 2.09. The first-order chi connectivity index (χ1) is 7.72. The Labute approximate surface area is 94.7 Å². The average Bonchev–Trinajstić information content (AvgIpc) is 2.57. The van der Waals surface area contributed by atoms with E-state index in [2.05, 4.69) is 28.4 Å². The highest BCUT2D eigenvalue weighted by Crippen LogP contribution is 2.29. The zero-order chi connectivity index (χ0) is 11.1. The van der Waals surface area contributed by atoms with E-state index in [1.165, 1.54) is 12.8 Å². The van der Waals surface area contributed by atoms with E-state index in [1.807, 2.05) is 17.6 Å². The van der Waals surface area contributed by atoms with Gasteiger partial charge in [0.2, 0.25) is 0 Å². The molecule has 2 aromatic heterocycles. The number of hydrogen-bond donors (Lipinski definition) is 1. The second-order valence-corrected chi connectivity index (χ2v) is 4.81. The third-order valence-corrected chi connectivity index (χ3v) is 3.23. The maximum Gasteiger partial charge on any atom is 0.152 e. The molecule has 1 fully saturated rings. The molecular weight excluding hydrogens is 200 g/mol. The summed E-state index contributed by atoms with van der Waals surface area (Å²) in [5, 5.41) is 7.87. The van der Waals surface area contributed by atoms with Crippen molar-refractivity contribution in [2.45, 2.75) is 32.7 Å². The van der Waals surface area contributed by atoms with Crippen LogP contribution in [0.25, 0.3) is 5.52 Å². The number of anilines is 1. The maximum atomic E-state index is 4.40. The topological polar surface area (TPSA) is 42.2 Å². The number of nitrogens with zero attached hydrogens (tertiary/aromatic N) is 3. The molecule has 1 aliphatic rings. The van der Waals surface area contributed by atoms with Crippen molar-refractivity contribution >= 4 is 11.3 Å². The van der Waals surface area contributed by atoms with Crippen LogP contribution in [0.5, 0.6) is 0 Å². The van der Waals surface area contributed by atoms with Crippen LogP contribution in [0.4, 0.5) is 5.82 Å². The number of aromatic nitrogens is 3. The molecule has 84 valence electrons. The first-order valence-corrected chi connectivity index (χ1v) is 5.80. The number of hydrogen-bond acceptors (Lipinski definition) is 3. The van der Waals surface area contributed by atoms with Gasteiger partial charge in [0.05, 0.1) is 5.69 Å². The van der Waals surface area contributed by atoms with Crippen molar-refractivity contribution in [1.82, 2.24) is 14.6 Å². The lowest BCUT2D eigenvalue weighted by Gasteiger charge is -2.33. The minimum absolute atomic E-state index is 0.587. The fraction of sp³-hybridized carbons (Fsp3) is 0.500. The molecule has 0 aliphatic heterocycles. The van der Waals surface area contributed by atoms with Crippen LogP contribution in [0.2, 0.25) is 0 Å². The molecule has 0 saturated heterocycles. The highest BCUT2D eigenvalue weighted by molar-refractivity contribution is 5.68. The van der Waals surface area contributed by atoms with Crippen LogP contribution in [0.3, 0.4) is 0 Å². The third-order valence-electron chi connectivity index (χ3n) is 3.23.